The molecule has 38 heavy (non-hydrogen) atoms. The summed E-state index contributed by atoms with van der Waals surface area (Å²) in [7, 11) is 1.85. The molecule has 4 aromatic rings. The topological polar surface area (TPSA) is 130 Å². The normalized spacial score (nSPS) is 19.7. The van der Waals surface area contributed by atoms with Gasteiger partial charge in [-0.05, 0) is 54.6 Å². The van der Waals surface area contributed by atoms with Crippen molar-refractivity contribution in [2.45, 2.75) is 26.0 Å². The lowest BCUT2D eigenvalue weighted by Gasteiger charge is -2.33. The van der Waals surface area contributed by atoms with Gasteiger partial charge in [0.1, 0.15) is 11.5 Å². The number of hydrogen-bond donors (Lipinski definition) is 2. The number of morpholine rings is 1. The minimum atomic E-state index is -0.299. The molecular formula is C25H27IN10O2. The maximum Gasteiger partial charge on any atom is 0.255 e. The summed E-state index contributed by atoms with van der Waals surface area (Å²) in [5, 5.41) is 23.6. The third kappa shape index (κ3) is 4.28. The Morgan fingerprint density at radius 1 is 1.29 bits per heavy atom. The molecule has 2 N–H and O–H groups in total. The number of nitrogens with one attached hydrogen (secondary N) is 2. The molecule has 1 aromatic carbocycles. The van der Waals surface area contributed by atoms with E-state index in [0.29, 0.717) is 23.8 Å². The molecule has 12 nitrogen and oxygen atoms in total. The van der Waals surface area contributed by atoms with Crippen LogP contribution in [0.4, 0.5) is 17.5 Å². The molecule has 2 aliphatic rings. The summed E-state index contributed by atoms with van der Waals surface area (Å²) >= 11 is 2.36. The highest BCUT2D eigenvalue weighted by Crippen LogP contribution is 2.34. The second kappa shape index (κ2) is 9.94. The number of tetrazole rings is 1. The predicted octanol–water partition coefficient (Wildman–Crippen LogP) is 3.18. The van der Waals surface area contributed by atoms with Gasteiger partial charge in [-0.15, -0.1) is 0 Å². The number of nitrogens with zero attached hydrogens (tertiary/aromatic N) is 8. The van der Waals surface area contributed by atoms with Crippen LogP contribution in [0.2, 0.25) is 0 Å². The highest BCUT2D eigenvalue weighted by Gasteiger charge is 2.32. The number of carbonyl (C=O) groups is 1. The first-order valence-corrected chi connectivity index (χ1v) is 13.9. The Morgan fingerprint density at radius 3 is 3.00 bits per heavy atom. The van der Waals surface area contributed by atoms with Gasteiger partial charge in [-0.25, -0.2) is 9.67 Å². The fourth-order valence-corrected chi connectivity index (χ4v) is 5.57. The number of carbonyl (C=O) groups excluding carboxylic acids is 1. The van der Waals surface area contributed by atoms with Gasteiger partial charge in [-0.3, -0.25) is 9.89 Å². The number of hydrogen-bond acceptors (Lipinski definition) is 9. The van der Waals surface area contributed by atoms with E-state index >= 15 is 0 Å². The van der Waals surface area contributed by atoms with E-state index in [1.165, 1.54) is 0 Å². The molecule has 2 atom stereocenters. The van der Waals surface area contributed by atoms with Gasteiger partial charge in [0, 0.05) is 53.1 Å². The van der Waals surface area contributed by atoms with Crippen LogP contribution in [0.3, 0.4) is 0 Å². The van der Waals surface area contributed by atoms with E-state index in [9.17, 15) is 4.79 Å². The number of pyridine rings is 1. The minimum Gasteiger partial charge on any atom is -0.374 e. The summed E-state index contributed by atoms with van der Waals surface area (Å²) in [5.74, 6) is 1.31. The van der Waals surface area contributed by atoms with Crippen LogP contribution in [-0.4, -0.2) is 78.6 Å². The molecule has 0 unspecified atom stereocenters. The van der Waals surface area contributed by atoms with Crippen LogP contribution in [-0.2, 0) is 9.53 Å². The Bertz CT molecular complexity index is 1550. The van der Waals surface area contributed by atoms with Crippen LogP contribution in [0.5, 0.6) is 0 Å². The third-order valence-corrected chi connectivity index (χ3v) is 8.15. The Hall–Kier alpha value is -3.59. The second-order valence-corrected chi connectivity index (χ2v) is 10.3. The van der Waals surface area contributed by atoms with Crippen LogP contribution in [0.25, 0.3) is 22.2 Å². The zero-order valence-corrected chi connectivity index (χ0v) is 23.4. The van der Waals surface area contributed by atoms with Gasteiger partial charge in [0.05, 0.1) is 29.8 Å². The van der Waals surface area contributed by atoms with E-state index in [1.807, 2.05) is 56.3 Å². The molecule has 196 valence electrons. The lowest BCUT2D eigenvalue weighted by molar-refractivity contribution is -0.113. The number of amides is 1. The summed E-state index contributed by atoms with van der Waals surface area (Å²) in [4.78, 5) is 22.1. The monoisotopic (exact) mass is 626 g/mol. The van der Waals surface area contributed by atoms with Crippen molar-refractivity contribution in [3.05, 3.63) is 47.8 Å². The number of halogens is 1. The van der Waals surface area contributed by atoms with E-state index in [0.717, 1.165) is 51.2 Å². The fourth-order valence-electron chi connectivity index (χ4n) is 5.04. The van der Waals surface area contributed by atoms with Gasteiger partial charge in [0.25, 0.3) is 5.91 Å². The number of rotatable bonds is 5. The Balaban J connectivity index is 1.28. The molecule has 13 heteroatoms. The molecule has 1 saturated heterocycles. The summed E-state index contributed by atoms with van der Waals surface area (Å²) in [6, 6.07) is 9.46. The lowest BCUT2D eigenvalue weighted by atomic mass is 10.0. The molecule has 6 rings (SSSR count). The van der Waals surface area contributed by atoms with Crippen LogP contribution >= 0.6 is 22.6 Å². The molecule has 0 spiro atoms. The Kier molecular flexibility index (Phi) is 6.47. The SMILES string of the molecule is CC1=C(C(=O)Nc2ccc3[nH]nc(-c4ccnc(N5CCO[C@@H](CI)C5)c4)c3c2)[C@@H](C)n2nnnc2N1C. The van der Waals surface area contributed by atoms with Gasteiger partial charge in [0.2, 0.25) is 5.95 Å². The molecule has 3 aromatic heterocycles. The molecule has 0 saturated carbocycles. The van der Waals surface area contributed by atoms with Gasteiger partial charge >= 0.3 is 0 Å². The minimum absolute atomic E-state index is 0.198. The summed E-state index contributed by atoms with van der Waals surface area (Å²) in [6.45, 7) is 6.12. The fraction of sp³-hybridized carbons (Fsp3) is 0.360. The maximum absolute atomic E-state index is 13.4. The average Bonchev–Trinajstić information content (AvgIpc) is 3.60. The van der Waals surface area contributed by atoms with Crippen LogP contribution in [0.1, 0.15) is 19.9 Å². The molecule has 0 bridgehead atoms. The summed E-state index contributed by atoms with van der Waals surface area (Å²) in [5.41, 5.74) is 4.73. The van der Waals surface area contributed by atoms with E-state index in [2.05, 4.69) is 69.6 Å². The van der Waals surface area contributed by atoms with E-state index < -0.39 is 0 Å². The van der Waals surface area contributed by atoms with Crippen LogP contribution < -0.4 is 15.1 Å². The number of ether oxygens (including phenoxy) is 1. The highest BCUT2D eigenvalue weighted by atomic mass is 127. The smallest absolute Gasteiger partial charge is 0.255 e. The molecule has 1 fully saturated rings. The van der Waals surface area contributed by atoms with Gasteiger partial charge in [-0.1, -0.05) is 27.7 Å². The highest BCUT2D eigenvalue weighted by molar-refractivity contribution is 14.1. The van der Waals surface area contributed by atoms with E-state index in [-0.39, 0.29) is 18.1 Å². The number of anilines is 3. The van der Waals surface area contributed by atoms with Crippen molar-refractivity contribution in [2.24, 2.45) is 0 Å². The van der Waals surface area contributed by atoms with Crippen molar-refractivity contribution >= 4 is 56.9 Å². The van der Waals surface area contributed by atoms with Gasteiger partial charge in [0.15, 0.2) is 0 Å². The maximum atomic E-state index is 13.4. The number of allylic oxidation sites excluding steroid dienone is 1. The number of alkyl halides is 1. The lowest BCUT2D eigenvalue weighted by Crippen LogP contribution is -2.43. The predicted molar refractivity (Wildman–Crippen MR) is 152 cm³/mol. The number of H-pyrrole nitrogens is 1. The average molecular weight is 626 g/mol. The first-order chi connectivity index (χ1) is 18.4. The number of aromatic amines is 1. The zero-order valence-electron chi connectivity index (χ0n) is 21.2. The van der Waals surface area contributed by atoms with Crippen molar-refractivity contribution in [1.29, 1.82) is 0 Å². The molecular weight excluding hydrogens is 599 g/mol. The Morgan fingerprint density at radius 2 is 2.16 bits per heavy atom. The summed E-state index contributed by atoms with van der Waals surface area (Å²) in [6.07, 6.45) is 2.01. The van der Waals surface area contributed by atoms with Crippen molar-refractivity contribution in [2.75, 3.05) is 46.3 Å². The number of fused-ring (bicyclic) bond motifs is 2. The number of benzene rings is 1. The first-order valence-electron chi connectivity index (χ1n) is 12.4. The largest absolute Gasteiger partial charge is 0.374 e. The van der Waals surface area contributed by atoms with E-state index in [4.69, 9.17) is 4.74 Å². The molecule has 0 aliphatic carbocycles. The standard InChI is InChI=1S/C25H27IN10O2/c1-14-22(15(2)36-25(34(14)3)31-32-33-36)24(37)28-17-4-5-20-19(11-17)23(30-29-20)16-6-7-27-21(10-16)35-8-9-38-18(12-26)13-35/h4-7,10-11,15,18H,8-9,12-13H2,1-3H3,(H,28,37)(H,29,30)/t15-,18+/m1/s1. The summed E-state index contributed by atoms with van der Waals surface area (Å²) < 4.78 is 8.40. The van der Waals surface area contributed by atoms with Crippen molar-refractivity contribution in [3.63, 3.8) is 0 Å². The second-order valence-electron chi connectivity index (χ2n) is 9.44. The zero-order chi connectivity index (χ0) is 26.4. The molecule has 2 aliphatic heterocycles. The molecule has 1 amide bonds. The van der Waals surface area contributed by atoms with Crippen LogP contribution in [0.15, 0.2) is 47.8 Å². The van der Waals surface area contributed by atoms with Gasteiger partial charge < -0.3 is 19.9 Å². The Labute approximate surface area is 232 Å². The quantitative estimate of drug-likeness (QED) is 0.254. The first kappa shape index (κ1) is 24.7. The van der Waals surface area contributed by atoms with E-state index in [1.54, 1.807) is 4.68 Å². The molecule has 5 heterocycles. The van der Waals surface area contributed by atoms with Crippen molar-refractivity contribution in [1.82, 2.24) is 35.4 Å². The van der Waals surface area contributed by atoms with Crippen LogP contribution in [0, 0.1) is 0 Å². The van der Waals surface area contributed by atoms with Gasteiger partial charge in [-0.2, -0.15) is 5.10 Å². The number of aromatic nitrogens is 7. The van der Waals surface area contributed by atoms with Crippen molar-refractivity contribution < 1.29 is 9.53 Å². The third-order valence-electron chi connectivity index (χ3n) is 7.17. The molecule has 0 radical (unpaired) electrons. The van der Waals surface area contributed by atoms with Crippen molar-refractivity contribution in [3.8, 4) is 11.3 Å².